The Kier molecular flexibility index (Phi) is 6.96. The van der Waals surface area contributed by atoms with Crippen LogP contribution >= 0.6 is 0 Å². The number of methoxy groups -OCH3 is 1. The molecule has 6 nitrogen and oxygen atoms in total. The van der Waals surface area contributed by atoms with E-state index < -0.39 is 0 Å². The van der Waals surface area contributed by atoms with E-state index in [1.807, 2.05) is 0 Å². The Labute approximate surface area is 133 Å². The fourth-order valence-corrected chi connectivity index (χ4v) is 2.73. The van der Waals surface area contributed by atoms with Crippen molar-refractivity contribution in [3.8, 4) is 0 Å². The van der Waals surface area contributed by atoms with Crippen molar-refractivity contribution in [2.45, 2.75) is 32.1 Å². The van der Waals surface area contributed by atoms with E-state index in [4.69, 9.17) is 9.47 Å². The Morgan fingerprint density at radius 1 is 1.27 bits per heavy atom. The number of hydrogen-bond donors (Lipinski definition) is 1. The predicted octanol–water partition coefficient (Wildman–Crippen LogP) is 1.26. The lowest BCUT2D eigenvalue weighted by Crippen LogP contribution is -2.47. The molecule has 0 aromatic heterocycles. The molecule has 2 aliphatic rings. The van der Waals surface area contributed by atoms with Gasteiger partial charge < -0.3 is 19.7 Å². The minimum atomic E-state index is -0.0876. The van der Waals surface area contributed by atoms with Crippen molar-refractivity contribution in [3.05, 3.63) is 0 Å². The summed E-state index contributed by atoms with van der Waals surface area (Å²) in [5.74, 6) is 1.70. The lowest BCUT2D eigenvalue weighted by atomic mass is 9.97. The highest BCUT2D eigenvalue weighted by molar-refractivity contribution is 5.80. The zero-order valence-electron chi connectivity index (χ0n) is 13.8. The molecule has 1 N–H and O–H groups in total. The second-order valence-corrected chi connectivity index (χ2v) is 6.13. The molecule has 0 aromatic rings. The van der Waals surface area contributed by atoms with Gasteiger partial charge in [-0.15, -0.1) is 0 Å². The number of rotatable bonds is 7. The molecule has 1 saturated heterocycles. The van der Waals surface area contributed by atoms with Crippen LogP contribution in [0.1, 0.15) is 32.1 Å². The van der Waals surface area contributed by atoms with Gasteiger partial charge in [0.05, 0.1) is 13.0 Å². The van der Waals surface area contributed by atoms with Crippen molar-refractivity contribution >= 4 is 11.9 Å². The van der Waals surface area contributed by atoms with E-state index in [-0.39, 0.29) is 11.9 Å². The molecular formula is C16H29N3O3. The van der Waals surface area contributed by atoms with Gasteiger partial charge in [-0.1, -0.05) is 0 Å². The van der Waals surface area contributed by atoms with Crippen LogP contribution in [0.5, 0.6) is 0 Å². The van der Waals surface area contributed by atoms with Crippen LogP contribution in [0.4, 0.5) is 0 Å². The van der Waals surface area contributed by atoms with Crippen molar-refractivity contribution in [2.24, 2.45) is 16.8 Å². The van der Waals surface area contributed by atoms with Gasteiger partial charge in [0.25, 0.3) is 0 Å². The highest BCUT2D eigenvalue weighted by Gasteiger charge is 2.26. The molecule has 6 heteroatoms. The summed E-state index contributed by atoms with van der Waals surface area (Å²) in [4.78, 5) is 18.1. The number of hydrogen-bond acceptors (Lipinski definition) is 4. The number of carbonyl (C=O) groups is 1. The van der Waals surface area contributed by atoms with Crippen molar-refractivity contribution in [3.63, 3.8) is 0 Å². The van der Waals surface area contributed by atoms with E-state index >= 15 is 0 Å². The van der Waals surface area contributed by atoms with Crippen LogP contribution in [0.2, 0.25) is 0 Å². The molecule has 1 saturated carbocycles. The average Bonchev–Trinajstić information content (AvgIpc) is 3.38. The maximum Gasteiger partial charge on any atom is 0.308 e. The second kappa shape index (κ2) is 8.98. The first kappa shape index (κ1) is 17.1. The molecule has 0 spiro atoms. The smallest absolute Gasteiger partial charge is 0.308 e. The topological polar surface area (TPSA) is 63.2 Å². The molecule has 2 rings (SSSR count). The van der Waals surface area contributed by atoms with E-state index in [2.05, 4.69) is 15.2 Å². The van der Waals surface area contributed by atoms with Gasteiger partial charge in [0.1, 0.15) is 0 Å². The number of esters is 1. The number of nitrogens with zero attached hydrogens (tertiary/aromatic N) is 2. The summed E-state index contributed by atoms with van der Waals surface area (Å²) < 4.78 is 10.4. The first-order valence-electron chi connectivity index (χ1n) is 8.35. The fraction of sp³-hybridized carbons (Fsp3) is 0.875. The molecule has 0 radical (unpaired) electrons. The molecule has 1 aliphatic carbocycles. The van der Waals surface area contributed by atoms with Crippen LogP contribution in [0.15, 0.2) is 4.99 Å². The molecule has 1 heterocycles. The van der Waals surface area contributed by atoms with Crippen molar-refractivity contribution in [2.75, 3.05) is 47.0 Å². The summed E-state index contributed by atoms with van der Waals surface area (Å²) >= 11 is 0. The third-order valence-corrected chi connectivity index (χ3v) is 4.34. The monoisotopic (exact) mass is 311 g/mol. The summed E-state index contributed by atoms with van der Waals surface area (Å²) in [6, 6.07) is 0. The highest BCUT2D eigenvalue weighted by Crippen LogP contribution is 2.28. The summed E-state index contributed by atoms with van der Waals surface area (Å²) in [6.07, 6.45) is 5.33. The Morgan fingerprint density at radius 3 is 2.59 bits per heavy atom. The third kappa shape index (κ3) is 5.48. The fourth-order valence-electron chi connectivity index (χ4n) is 2.73. The van der Waals surface area contributed by atoms with Crippen LogP contribution < -0.4 is 5.32 Å². The van der Waals surface area contributed by atoms with Crippen molar-refractivity contribution in [1.82, 2.24) is 10.2 Å². The normalized spacial score (nSPS) is 20.1. The van der Waals surface area contributed by atoms with Gasteiger partial charge in [-0.3, -0.25) is 9.79 Å². The zero-order valence-corrected chi connectivity index (χ0v) is 13.8. The van der Waals surface area contributed by atoms with Gasteiger partial charge >= 0.3 is 5.97 Å². The Bertz CT molecular complexity index is 375. The lowest BCUT2D eigenvalue weighted by Gasteiger charge is -2.33. The minimum Gasteiger partial charge on any atom is -0.469 e. The van der Waals surface area contributed by atoms with E-state index in [0.717, 1.165) is 64.0 Å². The number of likely N-dealkylation sites (tertiary alicyclic amines) is 1. The largest absolute Gasteiger partial charge is 0.469 e. The summed E-state index contributed by atoms with van der Waals surface area (Å²) in [5, 5.41) is 3.38. The number of guanidine groups is 1. The SMILES string of the molecule is CN=C(NCCCOCC1CC1)N1CCC(C(=O)OC)CC1. The van der Waals surface area contributed by atoms with Gasteiger partial charge in [0.15, 0.2) is 5.96 Å². The molecule has 0 atom stereocenters. The van der Waals surface area contributed by atoms with Crippen molar-refractivity contribution < 1.29 is 14.3 Å². The number of piperidine rings is 1. The van der Waals surface area contributed by atoms with Crippen LogP contribution in [-0.2, 0) is 14.3 Å². The zero-order chi connectivity index (χ0) is 15.8. The quantitative estimate of drug-likeness (QED) is 0.332. The molecule has 22 heavy (non-hydrogen) atoms. The molecule has 0 aromatic carbocycles. The van der Waals surface area contributed by atoms with Gasteiger partial charge in [-0.2, -0.15) is 0 Å². The van der Waals surface area contributed by atoms with E-state index in [1.54, 1.807) is 7.05 Å². The van der Waals surface area contributed by atoms with Gasteiger partial charge in [0.2, 0.25) is 0 Å². The third-order valence-electron chi connectivity index (χ3n) is 4.34. The molecule has 0 amide bonds. The standard InChI is InChI=1S/C16H29N3O3/c1-17-16(18-8-3-11-22-12-13-4-5-13)19-9-6-14(7-10-19)15(20)21-2/h13-14H,3-12H2,1-2H3,(H,17,18). The van der Waals surface area contributed by atoms with Crippen LogP contribution in [-0.4, -0.2) is 63.8 Å². The summed E-state index contributed by atoms with van der Waals surface area (Å²) in [5.41, 5.74) is 0. The predicted molar refractivity (Wildman–Crippen MR) is 85.8 cm³/mol. The maximum absolute atomic E-state index is 11.5. The molecule has 1 aliphatic heterocycles. The minimum absolute atomic E-state index is 0.0372. The van der Waals surface area contributed by atoms with Crippen LogP contribution in [0, 0.1) is 11.8 Å². The van der Waals surface area contributed by atoms with Gasteiger partial charge in [-0.25, -0.2) is 0 Å². The van der Waals surface area contributed by atoms with Crippen LogP contribution in [0.3, 0.4) is 0 Å². The molecule has 0 unspecified atom stereocenters. The number of carbonyl (C=O) groups excluding carboxylic acids is 1. The highest BCUT2D eigenvalue weighted by atomic mass is 16.5. The lowest BCUT2D eigenvalue weighted by molar-refractivity contribution is -0.146. The van der Waals surface area contributed by atoms with E-state index in [0.29, 0.717) is 0 Å². The van der Waals surface area contributed by atoms with Gasteiger partial charge in [-0.05, 0) is 38.0 Å². The summed E-state index contributed by atoms with van der Waals surface area (Å²) in [6.45, 7) is 4.30. The molecule has 126 valence electrons. The Morgan fingerprint density at radius 2 is 2.00 bits per heavy atom. The van der Waals surface area contributed by atoms with E-state index in [1.165, 1.54) is 20.0 Å². The number of ether oxygens (including phenoxy) is 2. The Balaban J connectivity index is 1.59. The Hall–Kier alpha value is -1.30. The molecule has 2 fully saturated rings. The maximum atomic E-state index is 11.5. The first-order valence-corrected chi connectivity index (χ1v) is 8.35. The van der Waals surface area contributed by atoms with Gasteiger partial charge in [0, 0.05) is 39.9 Å². The number of nitrogens with one attached hydrogen (secondary N) is 1. The number of aliphatic imine (C=N–C) groups is 1. The first-order chi connectivity index (χ1) is 10.7. The average molecular weight is 311 g/mol. The molecular weight excluding hydrogens is 282 g/mol. The van der Waals surface area contributed by atoms with E-state index in [9.17, 15) is 4.79 Å². The van der Waals surface area contributed by atoms with Crippen molar-refractivity contribution in [1.29, 1.82) is 0 Å². The molecule has 0 bridgehead atoms. The summed E-state index contributed by atoms with van der Waals surface area (Å²) in [7, 11) is 3.26. The second-order valence-electron chi connectivity index (χ2n) is 6.13. The van der Waals surface area contributed by atoms with Crippen LogP contribution in [0.25, 0.3) is 0 Å².